The average molecular weight is 280 g/mol. The van der Waals surface area contributed by atoms with Crippen molar-refractivity contribution in [3.05, 3.63) is 5.01 Å². The summed E-state index contributed by atoms with van der Waals surface area (Å²) in [6.45, 7) is 0.611. The van der Waals surface area contributed by atoms with Gasteiger partial charge in [-0.25, -0.2) is 0 Å². The van der Waals surface area contributed by atoms with E-state index >= 15 is 0 Å². The minimum absolute atomic E-state index is 0.214. The maximum atomic E-state index is 12.3. The van der Waals surface area contributed by atoms with Gasteiger partial charge in [0.2, 0.25) is 10.1 Å². The Hall–Kier alpha value is -0.890. The van der Waals surface area contributed by atoms with Crippen LogP contribution in [-0.4, -0.2) is 22.8 Å². The summed E-state index contributed by atoms with van der Waals surface area (Å²) in [6.07, 6.45) is -0.320. The molecule has 0 bridgehead atoms. The fraction of sp³-hybridized carbons (Fsp3) is 0.800. The minimum Gasteiger partial charge on any atom is -0.360 e. The molecular formula is C10H15F3N4S. The maximum absolute atomic E-state index is 12.3. The second kappa shape index (κ2) is 5.40. The summed E-state index contributed by atoms with van der Waals surface area (Å²) in [7, 11) is 0. The van der Waals surface area contributed by atoms with Gasteiger partial charge in [0.1, 0.15) is 0 Å². The third kappa shape index (κ3) is 3.55. The van der Waals surface area contributed by atoms with Gasteiger partial charge in [0, 0.05) is 12.6 Å². The fourth-order valence-corrected chi connectivity index (χ4v) is 2.78. The van der Waals surface area contributed by atoms with E-state index in [4.69, 9.17) is 5.73 Å². The van der Waals surface area contributed by atoms with E-state index in [1.54, 1.807) is 0 Å². The summed E-state index contributed by atoms with van der Waals surface area (Å²) in [5.41, 5.74) is 5.85. The van der Waals surface area contributed by atoms with Crippen LogP contribution >= 0.6 is 11.3 Å². The Morgan fingerprint density at radius 1 is 1.33 bits per heavy atom. The molecule has 0 spiro atoms. The van der Waals surface area contributed by atoms with Crippen molar-refractivity contribution in [2.75, 3.05) is 11.9 Å². The van der Waals surface area contributed by atoms with Crippen LogP contribution in [0.2, 0.25) is 0 Å². The first kappa shape index (κ1) is 13.5. The fourth-order valence-electron chi connectivity index (χ4n) is 2.16. The van der Waals surface area contributed by atoms with Crippen molar-refractivity contribution in [3.63, 3.8) is 0 Å². The van der Waals surface area contributed by atoms with Gasteiger partial charge < -0.3 is 11.1 Å². The molecule has 102 valence electrons. The van der Waals surface area contributed by atoms with E-state index in [9.17, 15) is 13.2 Å². The predicted molar refractivity (Wildman–Crippen MR) is 63.3 cm³/mol. The molecule has 1 saturated carbocycles. The van der Waals surface area contributed by atoms with Crippen molar-refractivity contribution in [3.8, 4) is 0 Å². The molecule has 1 aromatic heterocycles. The van der Waals surface area contributed by atoms with Crippen LogP contribution in [0, 0.1) is 5.92 Å². The van der Waals surface area contributed by atoms with Gasteiger partial charge in [-0.2, -0.15) is 13.2 Å². The summed E-state index contributed by atoms with van der Waals surface area (Å²) < 4.78 is 36.9. The summed E-state index contributed by atoms with van der Waals surface area (Å²) in [5, 5.41) is 8.84. The molecular weight excluding hydrogens is 265 g/mol. The monoisotopic (exact) mass is 280 g/mol. The van der Waals surface area contributed by atoms with Gasteiger partial charge in [-0.05, 0) is 25.2 Å². The second-order valence-corrected chi connectivity index (χ2v) is 5.56. The van der Waals surface area contributed by atoms with Crippen molar-refractivity contribution in [2.24, 2.45) is 11.7 Å². The van der Waals surface area contributed by atoms with E-state index in [1.165, 1.54) is 0 Å². The van der Waals surface area contributed by atoms with Crippen molar-refractivity contribution in [1.29, 1.82) is 0 Å². The molecule has 4 nitrogen and oxygen atoms in total. The number of aromatic nitrogens is 2. The van der Waals surface area contributed by atoms with Crippen molar-refractivity contribution in [1.82, 2.24) is 10.2 Å². The molecule has 1 heterocycles. The zero-order valence-electron chi connectivity index (χ0n) is 9.70. The number of rotatable bonds is 3. The number of anilines is 1. The highest BCUT2D eigenvalue weighted by molar-refractivity contribution is 7.15. The number of nitrogens with two attached hydrogens (primary N) is 1. The highest BCUT2D eigenvalue weighted by Gasteiger charge is 2.35. The molecule has 1 aromatic rings. The molecule has 2 atom stereocenters. The molecule has 8 heteroatoms. The third-order valence-electron chi connectivity index (χ3n) is 3.03. The number of nitrogens with one attached hydrogen (secondary N) is 1. The van der Waals surface area contributed by atoms with Gasteiger partial charge >= 0.3 is 6.18 Å². The normalized spacial score (nSPS) is 25.1. The Balaban J connectivity index is 1.85. The average Bonchev–Trinajstić information content (AvgIpc) is 2.74. The summed E-state index contributed by atoms with van der Waals surface area (Å²) >= 11 is 0.540. The summed E-state index contributed by atoms with van der Waals surface area (Å²) in [5.74, 6) is 0.409. The predicted octanol–water partition coefficient (Wildman–Crippen LogP) is 2.49. The van der Waals surface area contributed by atoms with Crippen LogP contribution in [-0.2, 0) is 6.18 Å². The quantitative estimate of drug-likeness (QED) is 0.893. The Kier molecular flexibility index (Phi) is 4.06. The Bertz CT molecular complexity index is 393. The van der Waals surface area contributed by atoms with Gasteiger partial charge in [-0.15, -0.1) is 10.2 Å². The van der Waals surface area contributed by atoms with Crippen LogP contribution in [0.5, 0.6) is 0 Å². The zero-order chi connectivity index (χ0) is 13.2. The van der Waals surface area contributed by atoms with Gasteiger partial charge in [0.05, 0.1) is 0 Å². The lowest BCUT2D eigenvalue weighted by Crippen LogP contribution is -2.30. The van der Waals surface area contributed by atoms with E-state index in [-0.39, 0.29) is 11.2 Å². The number of alkyl halides is 3. The molecule has 2 rings (SSSR count). The standard InChI is InChI=1S/C10H15F3N4S/c11-10(12,13)8-16-17-9(18-8)15-5-6-2-1-3-7(14)4-6/h6-7H,1-5,14H2,(H,15,17). The van der Waals surface area contributed by atoms with E-state index in [0.29, 0.717) is 23.8 Å². The SMILES string of the molecule is NC1CCCC(CNc2nnc(C(F)(F)F)s2)C1. The molecule has 0 saturated heterocycles. The molecule has 0 radical (unpaired) electrons. The number of halogens is 3. The van der Waals surface area contributed by atoms with E-state index in [0.717, 1.165) is 25.7 Å². The Morgan fingerprint density at radius 2 is 2.11 bits per heavy atom. The van der Waals surface area contributed by atoms with Crippen molar-refractivity contribution < 1.29 is 13.2 Å². The van der Waals surface area contributed by atoms with E-state index in [1.807, 2.05) is 0 Å². The molecule has 18 heavy (non-hydrogen) atoms. The molecule has 0 aromatic carbocycles. The van der Waals surface area contributed by atoms with Gasteiger partial charge in [-0.3, -0.25) is 0 Å². The molecule has 0 amide bonds. The number of hydrogen-bond acceptors (Lipinski definition) is 5. The molecule has 0 aliphatic heterocycles. The zero-order valence-corrected chi connectivity index (χ0v) is 10.5. The van der Waals surface area contributed by atoms with Crippen molar-refractivity contribution >= 4 is 16.5 Å². The van der Waals surface area contributed by atoms with Crippen LogP contribution in [0.25, 0.3) is 0 Å². The molecule has 1 aliphatic rings. The molecule has 2 unspecified atom stereocenters. The Morgan fingerprint density at radius 3 is 2.72 bits per heavy atom. The maximum Gasteiger partial charge on any atom is 0.445 e. The van der Waals surface area contributed by atoms with Crippen molar-refractivity contribution in [2.45, 2.75) is 37.9 Å². The lowest BCUT2D eigenvalue weighted by molar-refractivity contribution is -0.138. The summed E-state index contributed by atoms with van der Waals surface area (Å²) in [6, 6.07) is 0.214. The number of nitrogens with zero attached hydrogens (tertiary/aromatic N) is 2. The lowest BCUT2D eigenvalue weighted by atomic mass is 9.86. The summed E-state index contributed by atoms with van der Waals surface area (Å²) in [4.78, 5) is 0. The highest BCUT2D eigenvalue weighted by atomic mass is 32.1. The molecule has 3 N–H and O–H groups in total. The van der Waals surface area contributed by atoms with Gasteiger partial charge in [0.25, 0.3) is 0 Å². The minimum atomic E-state index is -4.41. The topological polar surface area (TPSA) is 63.8 Å². The first-order valence-electron chi connectivity index (χ1n) is 5.85. The first-order valence-corrected chi connectivity index (χ1v) is 6.67. The van der Waals surface area contributed by atoms with Crippen LogP contribution in [0.1, 0.15) is 30.7 Å². The van der Waals surface area contributed by atoms with Crippen LogP contribution in [0.3, 0.4) is 0 Å². The lowest BCUT2D eigenvalue weighted by Gasteiger charge is -2.26. The molecule has 1 fully saturated rings. The first-order chi connectivity index (χ1) is 8.45. The molecule has 1 aliphatic carbocycles. The number of hydrogen-bond donors (Lipinski definition) is 2. The Labute approximate surface area is 107 Å². The van der Waals surface area contributed by atoms with E-state index in [2.05, 4.69) is 15.5 Å². The largest absolute Gasteiger partial charge is 0.445 e. The van der Waals surface area contributed by atoms with Crippen LogP contribution < -0.4 is 11.1 Å². The highest BCUT2D eigenvalue weighted by Crippen LogP contribution is 2.33. The second-order valence-electron chi connectivity index (χ2n) is 4.58. The smallest absolute Gasteiger partial charge is 0.360 e. The van der Waals surface area contributed by atoms with E-state index < -0.39 is 11.2 Å². The van der Waals surface area contributed by atoms with Crippen LogP contribution in [0.15, 0.2) is 0 Å². The third-order valence-corrected chi connectivity index (χ3v) is 3.96. The van der Waals surface area contributed by atoms with Gasteiger partial charge in [0.15, 0.2) is 0 Å². The van der Waals surface area contributed by atoms with Crippen LogP contribution in [0.4, 0.5) is 18.3 Å². The van der Waals surface area contributed by atoms with Gasteiger partial charge in [-0.1, -0.05) is 17.8 Å².